The van der Waals surface area contributed by atoms with E-state index in [0.29, 0.717) is 18.0 Å². The van der Waals surface area contributed by atoms with Gasteiger partial charge < -0.3 is 10.6 Å². The number of nitrogens with two attached hydrogens (primary N) is 1. The first-order valence-electron chi connectivity index (χ1n) is 5.20. The highest BCUT2D eigenvalue weighted by atomic mass is 79.9. The molecule has 1 fully saturated rings. The lowest BCUT2D eigenvalue weighted by Gasteiger charge is -2.25. The van der Waals surface area contributed by atoms with Gasteiger partial charge in [0.25, 0.3) is 0 Å². The summed E-state index contributed by atoms with van der Waals surface area (Å²) in [4.78, 5) is 7.83. The van der Waals surface area contributed by atoms with Crippen molar-refractivity contribution in [1.29, 1.82) is 0 Å². The first-order chi connectivity index (χ1) is 7.66. The number of thiophene rings is 1. The fourth-order valence-electron chi connectivity index (χ4n) is 2.06. The summed E-state index contributed by atoms with van der Waals surface area (Å²) in [5, 5.41) is 0. The van der Waals surface area contributed by atoms with E-state index in [0.717, 1.165) is 15.4 Å². The zero-order valence-electron chi connectivity index (χ0n) is 8.49. The van der Waals surface area contributed by atoms with Gasteiger partial charge in [-0.2, -0.15) is 0 Å². The number of halogens is 2. The molecule has 86 valence electrons. The molecule has 2 N–H and O–H groups in total. The summed E-state index contributed by atoms with van der Waals surface area (Å²) in [5.74, 6) is 0.688. The molecule has 0 bridgehead atoms. The van der Waals surface area contributed by atoms with Crippen LogP contribution in [0.25, 0.3) is 0 Å². The fourth-order valence-corrected chi connectivity index (χ4v) is 3.89. The average Bonchev–Trinajstić information content (AvgIpc) is 2.93. The minimum atomic E-state index is 0.293. The lowest BCUT2D eigenvalue weighted by atomic mass is 10.2. The number of hydrogen-bond donors (Lipinski definition) is 1. The molecular weight excluding hydrogens is 310 g/mol. The zero-order valence-corrected chi connectivity index (χ0v) is 11.6. The van der Waals surface area contributed by atoms with Gasteiger partial charge in [-0.05, 0) is 34.8 Å². The van der Waals surface area contributed by atoms with E-state index >= 15 is 0 Å². The molecule has 0 aromatic carbocycles. The second-order valence-corrected chi connectivity index (χ2v) is 6.66. The number of aliphatic imine (C=N–C) groups is 1. The molecular formula is C10H11BrClN3S. The lowest BCUT2D eigenvalue weighted by molar-refractivity contribution is 0.342. The third-order valence-corrected chi connectivity index (χ3v) is 5.54. The molecule has 0 spiro atoms. The van der Waals surface area contributed by atoms with Gasteiger partial charge in [-0.3, -0.25) is 4.99 Å². The van der Waals surface area contributed by atoms with Crippen molar-refractivity contribution in [1.82, 2.24) is 4.90 Å². The molecule has 1 aromatic heterocycles. The van der Waals surface area contributed by atoms with Crippen LogP contribution in [0.4, 0.5) is 0 Å². The van der Waals surface area contributed by atoms with Crippen molar-refractivity contribution in [2.24, 2.45) is 10.7 Å². The highest BCUT2D eigenvalue weighted by molar-refractivity contribution is 9.10. The topological polar surface area (TPSA) is 41.6 Å². The van der Waals surface area contributed by atoms with Gasteiger partial charge in [-0.25, -0.2) is 0 Å². The number of nitrogens with zero attached hydrogens (tertiary/aromatic N) is 2. The summed E-state index contributed by atoms with van der Waals surface area (Å²) >= 11 is 11.1. The normalized spacial score (nSPS) is 25.0. The van der Waals surface area contributed by atoms with Gasteiger partial charge in [-0.15, -0.1) is 11.3 Å². The largest absolute Gasteiger partial charge is 0.370 e. The van der Waals surface area contributed by atoms with Gasteiger partial charge >= 0.3 is 0 Å². The molecule has 2 aliphatic rings. The van der Waals surface area contributed by atoms with Gasteiger partial charge in [0, 0.05) is 15.4 Å². The molecule has 3 rings (SSSR count). The van der Waals surface area contributed by atoms with Gasteiger partial charge in [0.15, 0.2) is 5.96 Å². The minimum Gasteiger partial charge on any atom is -0.370 e. The molecule has 0 radical (unpaired) electrons. The fraction of sp³-hybridized carbons (Fsp3) is 0.500. The molecule has 0 saturated heterocycles. The maximum Gasteiger partial charge on any atom is 0.192 e. The first-order valence-corrected chi connectivity index (χ1v) is 7.18. The zero-order chi connectivity index (χ0) is 11.3. The molecule has 6 heteroatoms. The summed E-state index contributed by atoms with van der Waals surface area (Å²) in [6.45, 7) is 0.756. The summed E-state index contributed by atoms with van der Waals surface area (Å²) < 4.78 is 1.77. The highest BCUT2D eigenvalue weighted by Gasteiger charge is 2.39. The van der Waals surface area contributed by atoms with Crippen LogP contribution < -0.4 is 5.73 Å². The van der Waals surface area contributed by atoms with Crippen molar-refractivity contribution < 1.29 is 0 Å². The van der Waals surface area contributed by atoms with Crippen molar-refractivity contribution in [3.63, 3.8) is 0 Å². The molecule has 1 saturated carbocycles. The van der Waals surface area contributed by atoms with Crippen molar-refractivity contribution in [2.75, 3.05) is 6.54 Å². The average molecular weight is 321 g/mol. The van der Waals surface area contributed by atoms with Gasteiger partial charge in [-0.1, -0.05) is 11.6 Å². The SMILES string of the molecule is NC1=NCC(c2cc(Br)c(Cl)s2)N1C1CC1. The smallest absolute Gasteiger partial charge is 0.192 e. The van der Waals surface area contributed by atoms with Crippen molar-refractivity contribution in [3.8, 4) is 0 Å². The Morgan fingerprint density at radius 2 is 2.31 bits per heavy atom. The van der Waals surface area contributed by atoms with Crippen LogP contribution in [0.2, 0.25) is 4.34 Å². The lowest BCUT2D eigenvalue weighted by Crippen LogP contribution is -2.37. The Kier molecular flexibility index (Phi) is 2.64. The predicted octanol–water partition coefficient (Wildman–Crippen LogP) is 3.00. The number of hydrogen-bond acceptors (Lipinski definition) is 4. The van der Waals surface area contributed by atoms with Crippen molar-refractivity contribution >= 4 is 44.8 Å². The molecule has 1 aliphatic carbocycles. The molecule has 0 amide bonds. The van der Waals surface area contributed by atoms with Gasteiger partial charge in [0.05, 0.1) is 12.6 Å². The molecule has 1 atom stereocenters. The third kappa shape index (κ3) is 1.75. The summed E-state index contributed by atoms with van der Waals surface area (Å²) in [5.41, 5.74) is 5.93. The Labute approximate surface area is 111 Å². The predicted molar refractivity (Wildman–Crippen MR) is 71.1 cm³/mol. The Balaban J connectivity index is 1.89. The summed E-state index contributed by atoms with van der Waals surface area (Å²) in [6, 6.07) is 2.97. The maximum atomic E-state index is 6.07. The Morgan fingerprint density at radius 3 is 2.88 bits per heavy atom. The second-order valence-electron chi connectivity index (χ2n) is 4.12. The summed E-state index contributed by atoms with van der Waals surface area (Å²) in [7, 11) is 0. The second kappa shape index (κ2) is 3.89. The van der Waals surface area contributed by atoms with Gasteiger partial charge in [0.1, 0.15) is 4.34 Å². The minimum absolute atomic E-state index is 0.293. The van der Waals surface area contributed by atoms with Crippen LogP contribution in [-0.2, 0) is 0 Å². The van der Waals surface area contributed by atoms with Crippen molar-refractivity contribution in [3.05, 3.63) is 19.8 Å². The highest BCUT2D eigenvalue weighted by Crippen LogP contribution is 2.42. The van der Waals surface area contributed by atoms with E-state index in [1.165, 1.54) is 17.7 Å². The van der Waals surface area contributed by atoms with Crippen LogP contribution in [0.15, 0.2) is 15.5 Å². The van der Waals surface area contributed by atoms with Gasteiger partial charge in [0.2, 0.25) is 0 Å². The van der Waals surface area contributed by atoms with E-state index in [1.807, 2.05) is 0 Å². The number of rotatable bonds is 2. The standard InChI is InChI=1S/C10H11BrClN3S/c11-6-3-8(16-9(6)12)7-4-14-10(13)15(7)5-1-2-5/h3,5,7H,1-2,4H2,(H2,13,14). The molecule has 2 heterocycles. The van der Waals surface area contributed by atoms with E-state index < -0.39 is 0 Å². The Bertz CT molecular complexity index is 435. The monoisotopic (exact) mass is 319 g/mol. The van der Waals surface area contributed by atoms with E-state index in [9.17, 15) is 0 Å². The van der Waals surface area contributed by atoms with Crippen LogP contribution >= 0.6 is 38.9 Å². The van der Waals surface area contributed by atoms with E-state index in [2.05, 4.69) is 31.9 Å². The van der Waals surface area contributed by atoms with Crippen LogP contribution in [0.3, 0.4) is 0 Å². The molecule has 16 heavy (non-hydrogen) atoms. The Morgan fingerprint density at radius 1 is 1.56 bits per heavy atom. The molecule has 1 unspecified atom stereocenters. The maximum absolute atomic E-state index is 6.07. The molecule has 1 aromatic rings. The number of guanidine groups is 1. The summed E-state index contributed by atoms with van der Waals surface area (Å²) in [6.07, 6.45) is 2.46. The van der Waals surface area contributed by atoms with Crippen LogP contribution in [0.5, 0.6) is 0 Å². The van der Waals surface area contributed by atoms with Crippen LogP contribution in [0.1, 0.15) is 23.8 Å². The molecule has 1 aliphatic heterocycles. The quantitative estimate of drug-likeness (QED) is 0.910. The van der Waals surface area contributed by atoms with Crippen molar-refractivity contribution in [2.45, 2.75) is 24.9 Å². The molecule has 3 nitrogen and oxygen atoms in total. The van der Waals surface area contributed by atoms with Crippen LogP contribution in [0, 0.1) is 0 Å². The Hall–Kier alpha value is -0.260. The van der Waals surface area contributed by atoms with E-state index in [4.69, 9.17) is 17.3 Å². The first kappa shape index (κ1) is 10.9. The van der Waals surface area contributed by atoms with E-state index in [1.54, 1.807) is 11.3 Å². The van der Waals surface area contributed by atoms with E-state index in [-0.39, 0.29) is 0 Å². The third-order valence-electron chi connectivity index (χ3n) is 2.96. The van der Waals surface area contributed by atoms with Crippen LogP contribution in [-0.4, -0.2) is 23.4 Å².